The summed E-state index contributed by atoms with van der Waals surface area (Å²) in [5, 5.41) is 1.12. The lowest BCUT2D eigenvalue weighted by molar-refractivity contribution is -0.118. The van der Waals surface area contributed by atoms with Crippen LogP contribution < -0.4 is 4.90 Å². The van der Waals surface area contributed by atoms with E-state index in [0.717, 1.165) is 29.7 Å². The second-order valence-corrected chi connectivity index (χ2v) is 9.31. The van der Waals surface area contributed by atoms with E-state index in [0.29, 0.717) is 34.3 Å². The summed E-state index contributed by atoms with van der Waals surface area (Å²) >= 11 is 12.1. The minimum atomic E-state index is -3.26. The summed E-state index contributed by atoms with van der Waals surface area (Å²) in [5.74, 6) is 0.00377. The van der Waals surface area contributed by atoms with E-state index in [4.69, 9.17) is 23.2 Å². The van der Waals surface area contributed by atoms with Crippen molar-refractivity contribution < 1.29 is 13.2 Å². The van der Waals surface area contributed by atoms with Crippen molar-refractivity contribution in [1.82, 2.24) is 0 Å². The van der Waals surface area contributed by atoms with Gasteiger partial charge in [-0.05, 0) is 60.7 Å². The Balaban J connectivity index is 1.77. The van der Waals surface area contributed by atoms with Crippen LogP contribution in [0.5, 0.6) is 0 Å². The highest BCUT2D eigenvalue weighted by atomic mass is 35.5. The summed E-state index contributed by atoms with van der Waals surface area (Å²) in [5.41, 5.74) is 2.59. The van der Waals surface area contributed by atoms with Gasteiger partial charge in [-0.2, -0.15) is 0 Å². The quantitative estimate of drug-likeness (QED) is 0.752. The minimum Gasteiger partial charge on any atom is -0.312 e. The molecule has 3 rings (SSSR count). The number of carbonyl (C=O) groups excluding carboxylic acids is 1. The predicted molar refractivity (Wildman–Crippen MR) is 105 cm³/mol. The smallest absolute Gasteiger partial charge is 0.227 e. The molecule has 1 aliphatic rings. The zero-order valence-electron chi connectivity index (χ0n) is 14.3. The van der Waals surface area contributed by atoms with E-state index in [1.54, 1.807) is 35.2 Å². The van der Waals surface area contributed by atoms with Crippen LogP contribution in [0.1, 0.15) is 24.0 Å². The number of amides is 1. The number of hydrogen-bond donors (Lipinski definition) is 0. The predicted octanol–water partition coefficient (Wildman–Crippen LogP) is 4.31. The summed E-state index contributed by atoms with van der Waals surface area (Å²) in [6.45, 7) is 0.637. The molecule has 1 heterocycles. The molecule has 2 aromatic rings. The highest BCUT2D eigenvalue weighted by Crippen LogP contribution is 2.30. The third-order valence-corrected chi connectivity index (χ3v) is 6.22. The fourth-order valence-corrected chi connectivity index (χ4v) is 4.34. The van der Waals surface area contributed by atoms with Crippen molar-refractivity contribution in [3.63, 3.8) is 0 Å². The standard InChI is InChI=1S/C19H19Cl2NO3S/c1-26(24,25)16-7-8-18-14(11-16)3-2-10-22(18)19(23)9-5-13-4-6-15(20)12-17(13)21/h4,6-8,11-12H,2-3,5,9-10H2,1H3. The van der Waals surface area contributed by atoms with Crippen molar-refractivity contribution in [1.29, 1.82) is 0 Å². The van der Waals surface area contributed by atoms with Gasteiger partial charge >= 0.3 is 0 Å². The molecule has 4 nitrogen and oxygen atoms in total. The number of halogens is 2. The van der Waals surface area contributed by atoms with Crippen molar-refractivity contribution in [2.45, 2.75) is 30.6 Å². The van der Waals surface area contributed by atoms with Crippen LogP contribution in [0.3, 0.4) is 0 Å². The summed E-state index contributed by atoms with van der Waals surface area (Å²) in [6.07, 6.45) is 3.63. The molecule has 0 fully saturated rings. The first-order valence-electron chi connectivity index (χ1n) is 8.33. The molecule has 1 amide bonds. The van der Waals surface area contributed by atoms with Crippen LogP contribution in [0.2, 0.25) is 10.0 Å². The van der Waals surface area contributed by atoms with E-state index in [1.807, 2.05) is 6.07 Å². The molecule has 0 spiro atoms. The van der Waals surface area contributed by atoms with Crippen molar-refractivity contribution >= 4 is 44.6 Å². The number of fused-ring (bicyclic) bond motifs is 1. The average Bonchev–Trinajstić information content (AvgIpc) is 2.59. The zero-order chi connectivity index (χ0) is 18.9. The Bertz CT molecular complexity index is 957. The molecule has 2 aromatic carbocycles. The van der Waals surface area contributed by atoms with Gasteiger partial charge < -0.3 is 4.90 Å². The van der Waals surface area contributed by atoms with E-state index in [9.17, 15) is 13.2 Å². The summed E-state index contributed by atoms with van der Waals surface area (Å²) < 4.78 is 23.5. The number of rotatable bonds is 4. The number of anilines is 1. The monoisotopic (exact) mass is 411 g/mol. The van der Waals surface area contributed by atoms with E-state index >= 15 is 0 Å². The van der Waals surface area contributed by atoms with E-state index in [2.05, 4.69) is 0 Å². The lowest BCUT2D eigenvalue weighted by Crippen LogP contribution is -2.35. The maximum Gasteiger partial charge on any atom is 0.227 e. The normalized spacial score (nSPS) is 14.2. The van der Waals surface area contributed by atoms with E-state index in [-0.39, 0.29) is 5.91 Å². The first kappa shape index (κ1) is 19.2. The molecule has 0 aliphatic carbocycles. The van der Waals surface area contributed by atoms with Crippen LogP contribution in [-0.4, -0.2) is 27.1 Å². The van der Waals surface area contributed by atoms with Gasteiger partial charge in [-0.15, -0.1) is 0 Å². The first-order valence-corrected chi connectivity index (χ1v) is 11.0. The Kier molecular flexibility index (Phi) is 5.61. The number of sulfone groups is 1. The third-order valence-electron chi connectivity index (χ3n) is 4.52. The number of nitrogens with zero attached hydrogens (tertiary/aromatic N) is 1. The largest absolute Gasteiger partial charge is 0.312 e. The molecule has 7 heteroatoms. The molecule has 26 heavy (non-hydrogen) atoms. The zero-order valence-corrected chi connectivity index (χ0v) is 16.7. The van der Waals surface area contributed by atoms with Crippen molar-refractivity contribution in [2.24, 2.45) is 0 Å². The summed E-state index contributed by atoms with van der Waals surface area (Å²) in [6, 6.07) is 10.2. The first-order chi connectivity index (χ1) is 12.3. The van der Waals surface area contributed by atoms with Gasteiger partial charge in [0.15, 0.2) is 9.84 Å². The van der Waals surface area contributed by atoms with Crippen molar-refractivity contribution in [3.05, 3.63) is 57.6 Å². The van der Waals surface area contributed by atoms with Gasteiger partial charge in [-0.1, -0.05) is 29.3 Å². The van der Waals surface area contributed by atoms with Crippen LogP contribution in [-0.2, 0) is 27.5 Å². The van der Waals surface area contributed by atoms with E-state index in [1.165, 1.54) is 6.26 Å². The molecule has 0 saturated heterocycles. The summed E-state index contributed by atoms with van der Waals surface area (Å²) in [4.78, 5) is 14.8. The fourth-order valence-electron chi connectivity index (χ4n) is 3.16. The van der Waals surface area contributed by atoms with Gasteiger partial charge in [0, 0.05) is 35.0 Å². The maximum absolute atomic E-state index is 12.7. The molecular formula is C19H19Cl2NO3S. The molecule has 0 N–H and O–H groups in total. The topological polar surface area (TPSA) is 54.5 Å². The lowest BCUT2D eigenvalue weighted by Gasteiger charge is -2.30. The van der Waals surface area contributed by atoms with Gasteiger partial charge in [0.1, 0.15) is 0 Å². The van der Waals surface area contributed by atoms with Crippen LogP contribution in [0, 0.1) is 0 Å². The third kappa shape index (κ3) is 4.22. The van der Waals surface area contributed by atoms with Gasteiger partial charge in [0.2, 0.25) is 5.91 Å². The SMILES string of the molecule is CS(=O)(=O)c1ccc2c(c1)CCCN2C(=O)CCc1ccc(Cl)cc1Cl. The Morgan fingerprint density at radius 1 is 1.15 bits per heavy atom. The van der Waals surface area contributed by atoms with Crippen molar-refractivity contribution in [2.75, 3.05) is 17.7 Å². The Morgan fingerprint density at radius 3 is 2.62 bits per heavy atom. The molecular weight excluding hydrogens is 393 g/mol. The van der Waals surface area contributed by atoms with Crippen LogP contribution >= 0.6 is 23.2 Å². The van der Waals surface area contributed by atoms with Gasteiger partial charge in [-0.25, -0.2) is 8.42 Å². The molecule has 0 atom stereocenters. The number of hydrogen-bond acceptors (Lipinski definition) is 3. The Hall–Kier alpha value is -1.56. The van der Waals surface area contributed by atoms with Crippen LogP contribution in [0.4, 0.5) is 5.69 Å². The molecule has 1 aliphatic heterocycles. The number of benzene rings is 2. The molecule has 0 aromatic heterocycles. The highest BCUT2D eigenvalue weighted by Gasteiger charge is 2.23. The lowest BCUT2D eigenvalue weighted by atomic mass is 10.0. The molecule has 138 valence electrons. The maximum atomic E-state index is 12.7. The number of carbonyl (C=O) groups is 1. The Morgan fingerprint density at radius 2 is 1.92 bits per heavy atom. The molecule has 0 saturated carbocycles. The van der Waals surface area contributed by atoms with Crippen molar-refractivity contribution in [3.8, 4) is 0 Å². The van der Waals surface area contributed by atoms with Gasteiger partial charge in [-0.3, -0.25) is 4.79 Å². The Labute approximate surface area is 163 Å². The second-order valence-electron chi connectivity index (χ2n) is 6.45. The fraction of sp³-hybridized carbons (Fsp3) is 0.316. The minimum absolute atomic E-state index is 0.00377. The number of aryl methyl sites for hydroxylation is 2. The highest BCUT2D eigenvalue weighted by molar-refractivity contribution is 7.90. The van der Waals surface area contributed by atoms with Gasteiger partial charge in [0.05, 0.1) is 4.90 Å². The summed E-state index contributed by atoms with van der Waals surface area (Å²) in [7, 11) is -3.26. The average molecular weight is 412 g/mol. The molecule has 0 unspecified atom stereocenters. The molecule has 0 radical (unpaired) electrons. The molecule has 0 bridgehead atoms. The van der Waals surface area contributed by atoms with E-state index < -0.39 is 9.84 Å². The van der Waals surface area contributed by atoms with Crippen LogP contribution in [0.25, 0.3) is 0 Å². The van der Waals surface area contributed by atoms with Crippen LogP contribution in [0.15, 0.2) is 41.3 Å². The van der Waals surface area contributed by atoms with Gasteiger partial charge in [0.25, 0.3) is 0 Å². The second kappa shape index (κ2) is 7.59.